The normalized spacial score (nSPS) is 36.4. The average molecular weight is 94.1 g/mol. The molecule has 0 amide bonds. The van der Waals surface area contributed by atoms with Crippen LogP contribution in [0.2, 0.25) is 0 Å². The van der Waals surface area contributed by atoms with Crippen LogP contribution in [0.4, 0.5) is 0 Å². The highest BCUT2D eigenvalue weighted by Crippen LogP contribution is 2.35. The molecule has 0 saturated heterocycles. The molecule has 1 heteroatoms. The summed E-state index contributed by atoms with van der Waals surface area (Å²) in [5.74, 6) is 2.98. The highest BCUT2D eigenvalue weighted by Gasteiger charge is 2.34. The molecule has 1 fully saturated rings. The highest BCUT2D eigenvalue weighted by atomic mass is 16.1. The zero-order valence-electron chi connectivity index (χ0n) is 3.92. The van der Waals surface area contributed by atoms with Crippen molar-refractivity contribution in [2.45, 2.75) is 6.42 Å². The van der Waals surface area contributed by atoms with Crippen LogP contribution in [-0.2, 0) is 4.79 Å². The van der Waals surface area contributed by atoms with E-state index in [4.69, 9.17) is 6.42 Å². The molecule has 0 aromatic carbocycles. The van der Waals surface area contributed by atoms with E-state index in [0.717, 1.165) is 12.7 Å². The van der Waals surface area contributed by atoms with Gasteiger partial charge in [-0.25, -0.2) is 0 Å². The molecule has 0 N–H and O–H groups in total. The van der Waals surface area contributed by atoms with Crippen molar-refractivity contribution in [1.29, 1.82) is 0 Å². The Bertz CT molecular complexity index is 121. The maximum absolute atomic E-state index is 9.84. The zero-order valence-corrected chi connectivity index (χ0v) is 3.92. The van der Waals surface area contributed by atoms with Crippen molar-refractivity contribution in [2.75, 3.05) is 0 Å². The molecule has 0 radical (unpaired) electrons. The van der Waals surface area contributed by atoms with Gasteiger partial charge >= 0.3 is 0 Å². The van der Waals surface area contributed by atoms with Gasteiger partial charge in [-0.1, -0.05) is 0 Å². The summed E-state index contributed by atoms with van der Waals surface area (Å²) in [4.78, 5) is 9.84. The molecule has 0 aromatic rings. The van der Waals surface area contributed by atoms with Gasteiger partial charge in [0, 0.05) is 11.8 Å². The second-order valence-electron chi connectivity index (χ2n) is 1.81. The minimum Gasteiger partial charge on any atom is -0.303 e. The van der Waals surface area contributed by atoms with Gasteiger partial charge in [-0.3, -0.25) is 0 Å². The van der Waals surface area contributed by atoms with Crippen LogP contribution >= 0.6 is 0 Å². The molecule has 1 rings (SSSR count). The van der Waals surface area contributed by atoms with E-state index in [2.05, 4.69) is 5.92 Å². The Balaban J connectivity index is 2.34. The van der Waals surface area contributed by atoms with Gasteiger partial charge in [0.25, 0.3) is 0 Å². The van der Waals surface area contributed by atoms with E-state index in [1.807, 2.05) is 0 Å². The van der Waals surface area contributed by atoms with E-state index in [1.54, 1.807) is 0 Å². The van der Waals surface area contributed by atoms with Crippen LogP contribution in [0, 0.1) is 24.2 Å². The number of carbonyl (C=O) groups excluding carboxylic acids is 1. The predicted molar refractivity (Wildman–Crippen MR) is 26.5 cm³/mol. The van der Waals surface area contributed by atoms with E-state index < -0.39 is 0 Å². The molecule has 1 nitrogen and oxygen atoms in total. The molecule has 0 heterocycles. The maximum Gasteiger partial charge on any atom is 0.124 e. The largest absolute Gasteiger partial charge is 0.303 e. The molecule has 1 saturated carbocycles. The van der Waals surface area contributed by atoms with E-state index in [1.165, 1.54) is 0 Å². The van der Waals surface area contributed by atoms with Gasteiger partial charge in [0.05, 0.1) is 0 Å². The lowest BCUT2D eigenvalue weighted by molar-refractivity contribution is -0.108. The van der Waals surface area contributed by atoms with E-state index in [-0.39, 0.29) is 11.8 Å². The Hall–Kier alpha value is -0.770. The average Bonchev–Trinajstić information content (AvgIpc) is 2.43. The van der Waals surface area contributed by atoms with Gasteiger partial charge in [-0.15, -0.1) is 12.3 Å². The first-order valence-corrected chi connectivity index (χ1v) is 2.30. The van der Waals surface area contributed by atoms with Crippen molar-refractivity contribution >= 4 is 6.29 Å². The Morgan fingerprint density at radius 3 is 2.71 bits per heavy atom. The van der Waals surface area contributed by atoms with Gasteiger partial charge < -0.3 is 4.79 Å². The molecule has 0 spiro atoms. The zero-order chi connectivity index (χ0) is 5.28. The van der Waals surface area contributed by atoms with Crippen LogP contribution in [0.1, 0.15) is 6.42 Å². The highest BCUT2D eigenvalue weighted by molar-refractivity contribution is 5.59. The molecule has 1 aliphatic rings. The van der Waals surface area contributed by atoms with Crippen molar-refractivity contribution in [3.8, 4) is 12.3 Å². The first-order valence-electron chi connectivity index (χ1n) is 2.30. The standard InChI is InChI=1S/C6H6O/c1-2-5-3-6(5)4-7/h1,4-6H,3H2/t5-,6-/m0/s1. The lowest BCUT2D eigenvalue weighted by Gasteiger charge is -1.68. The summed E-state index contributed by atoms with van der Waals surface area (Å²) in [7, 11) is 0. The number of hydrogen-bond donors (Lipinski definition) is 0. The number of hydrogen-bond acceptors (Lipinski definition) is 1. The van der Waals surface area contributed by atoms with Crippen molar-refractivity contribution in [3.05, 3.63) is 0 Å². The number of rotatable bonds is 1. The minimum atomic E-state index is 0.199. The van der Waals surface area contributed by atoms with Crippen LogP contribution < -0.4 is 0 Å². The van der Waals surface area contributed by atoms with Crippen LogP contribution in [0.25, 0.3) is 0 Å². The number of carbonyl (C=O) groups is 1. The van der Waals surface area contributed by atoms with Crippen LogP contribution in [0.5, 0.6) is 0 Å². The van der Waals surface area contributed by atoms with E-state index in [0.29, 0.717) is 0 Å². The fourth-order valence-electron chi connectivity index (χ4n) is 0.557. The quantitative estimate of drug-likeness (QED) is 0.340. The molecule has 36 valence electrons. The third kappa shape index (κ3) is 0.640. The summed E-state index contributed by atoms with van der Waals surface area (Å²) in [5, 5.41) is 0. The lowest BCUT2D eigenvalue weighted by Crippen LogP contribution is -1.76. The first-order chi connectivity index (χ1) is 3.38. The third-order valence-corrected chi connectivity index (χ3v) is 1.23. The van der Waals surface area contributed by atoms with Crippen molar-refractivity contribution < 1.29 is 4.79 Å². The number of terminal acetylenes is 1. The Morgan fingerprint density at radius 2 is 2.57 bits per heavy atom. The number of aldehydes is 1. The Labute approximate surface area is 42.7 Å². The lowest BCUT2D eigenvalue weighted by atomic mass is 10.4. The molecule has 0 aromatic heterocycles. The smallest absolute Gasteiger partial charge is 0.124 e. The van der Waals surface area contributed by atoms with Crippen LogP contribution in [0.15, 0.2) is 0 Å². The minimum absolute atomic E-state index is 0.199. The molecule has 2 atom stereocenters. The van der Waals surface area contributed by atoms with Crippen molar-refractivity contribution in [3.63, 3.8) is 0 Å². The van der Waals surface area contributed by atoms with E-state index >= 15 is 0 Å². The molecule has 1 aliphatic carbocycles. The first kappa shape index (κ1) is 4.39. The van der Waals surface area contributed by atoms with E-state index in [9.17, 15) is 4.79 Å². The molecule has 0 unspecified atom stereocenters. The fraction of sp³-hybridized carbons (Fsp3) is 0.500. The molecular formula is C6H6O. The van der Waals surface area contributed by atoms with Gasteiger partial charge in [0.1, 0.15) is 6.29 Å². The molecule has 7 heavy (non-hydrogen) atoms. The van der Waals surface area contributed by atoms with Crippen molar-refractivity contribution in [2.24, 2.45) is 11.8 Å². The second kappa shape index (κ2) is 1.38. The summed E-state index contributed by atoms with van der Waals surface area (Å²) in [6.45, 7) is 0. The monoisotopic (exact) mass is 94.0 g/mol. The SMILES string of the molecule is C#C[C@H]1C[C@H]1C=O. The Morgan fingerprint density at radius 1 is 1.86 bits per heavy atom. The molecular weight excluding hydrogens is 88.1 g/mol. The van der Waals surface area contributed by atoms with Gasteiger partial charge in [0.15, 0.2) is 0 Å². The van der Waals surface area contributed by atoms with Gasteiger partial charge in [0.2, 0.25) is 0 Å². The maximum atomic E-state index is 9.84. The van der Waals surface area contributed by atoms with Crippen LogP contribution in [0.3, 0.4) is 0 Å². The third-order valence-electron chi connectivity index (χ3n) is 1.23. The van der Waals surface area contributed by atoms with Gasteiger partial charge in [-0.05, 0) is 6.42 Å². The molecule has 0 bridgehead atoms. The summed E-state index contributed by atoms with van der Waals surface area (Å²) in [6.07, 6.45) is 6.84. The fourth-order valence-corrected chi connectivity index (χ4v) is 0.557. The van der Waals surface area contributed by atoms with Gasteiger partial charge in [-0.2, -0.15) is 0 Å². The summed E-state index contributed by atoms with van der Waals surface area (Å²) in [6, 6.07) is 0. The predicted octanol–water partition coefficient (Wildman–Crippen LogP) is 0.455. The van der Waals surface area contributed by atoms with Crippen LogP contribution in [-0.4, -0.2) is 6.29 Å². The summed E-state index contributed by atoms with van der Waals surface area (Å²) in [5.41, 5.74) is 0. The summed E-state index contributed by atoms with van der Waals surface area (Å²) < 4.78 is 0. The molecule has 0 aliphatic heterocycles. The second-order valence-corrected chi connectivity index (χ2v) is 1.81. The van der Waals surface area contributed by atoms with Crippen molar-refractivity contribution in [1.82, 2.24) is 0 Å². The Kier molecular flexibility index (Phi) is 0.867. The topological polar surface area (TPSA) is 17.1 Å². The summed E-state index contributed by atoms with van der Waals surface area (Å²) >= 11 is 0.